The van der Waals surface area contributed by atoms with Gasteiger partial charge in [-0.2, -0.15) is 0 Å². The minimum absolute atomic E-state index is 0.133. The van der Waals surface area contributed by atoms with Gasteiger partial charge in [0.25, 0.3) is 5.91 Å². The van der Waals surface area contributed by atoms with Crippen molar-refractivity contribution in [2.24, 2.45) is 0 Å². The predicted octanol–water partition coefficient (Wildman–Crippen LogP) is 4.53. The molecule has 1 N–H and O–H groups in total. The maximum Gasteiger partial charge on any atom is 0.258 e. The molecule has 32 heavy (non-hydrogen) atoms. The third-order valence-electron chi connectivity index (χ3n) is 4.85. The summed E-state index contributed by atoms with van der Waals surface area (Å²) in [5.74, 6) is -0.134. The fraction of sp³-hybridized carbons (Fsp3) is 0.154. The zero-order chi connectivity index (χ0) is 22.9. The van der Waals surface area contributed by atoms with Gasteiger partial charge in [0.2, 0.25) is 5.91 Å². The van der Waals surface area contributed by atoms with Crippen LogP contribution in [0.3, 0.4) is 0 Å². The van der Waals surface area contributed by atoms with E-state index in [1.54, 1.807) is 54.5 Å². The Hall–Kier alpha value is -3.93. The molecule has 0 spiro atoms. The first-order valence-corrected chi connectivity index (χ1v) is 10.2. The van der Waals surface area contributed by atoms with Crippen molar-refractivity contribution >= 4 is 17.5 Å². The molecule has 0 aliphatic carbocycles. The minimum atomic E-state index is -0.341. The van der Waals surface area contributed by atoms with Crippen molar-refractivity contribution in [3.8, 4) is 5.75 Å². The lowest BCUT2D eigenvalue weighted by Gasteiger charge is -2.24. The van der Waals surface area contributed by atoms with Crippen molar-refractivity contribution in [2.45, 2.75) is 13.0 Å². The van der Waals surface area contributed by atoms with Crippen molar-refractivity contribution in [3.05, 3.63) is 108 Å². The fourth-order valence-corrected chi connectivity index (χ4v) is 3.23. The summed E-state index contributed by atoms with van der Waals surface area (Å²) in [7, 11) is 1.54. The zero-order valence-electron chi connectivity index (χ0n) is 17.9. The normalized spacial score (nSPS) is 10.3. The lowest BCUT2D eigenvalue weighted by Crippen LogP contribution is -2.30. The van der Waals surface area contributed by atoms with Crippen LogP contribution < -0.4 is 15.0 Å². The molecule has 0 aromatic heterocycles. The Morgan fingerprint density at radius 3 is 2.50 bits per heavy atom. The molecule has 0 heterocycles. The van der Waals surface area contributed by atoms with Crippen molar-refractivity contribution in [1.29, 1.82) is 0 Å². The average Bonchev–Trinajstić information content (AvgIpc) is 2.82. The van der Waals surface area contributed by atoms with Crippen LogP contribution in [0.1, 0.15) is 21.5 Å². The summed E-state index contributed by atoms with van der Waals surface area (Å²) in [6.07, 6.45) is 1.80. The molecule has 3 aromatic carbocycles. The van der Waals surface area contributed by atoms with Crippen LogP contribution in [-0.2, 0) is 17.8 Å². The predicted molar refractivity (Wildman–Crippen MR) is 123 cm³/mol. The molecule has 0 atom stereocenters. The highest BCUT2D eigenvalue weighted by molar-refractivity contribution is 6.06. The number of methoxy groups -OCH3 is 1. The lowest BCUT2D eigenvalue weighted by molar-refractivity contribution is -0.120. The Morgan fingerprint density at radius 2 is 1.78 bits per heavy atom. The number of nitrogens with one attached hydrogen (secondary N) is 1. The zero-order valence-corrected chi connectivity index (χ0v) is 17.9. The Balaban J connectivity index is 1.93. The highest BCUT2D eigenvalue weighted by Gasteiger charge is 2.19. The quantitative estimate of drug-likeness (QED) is 0.506. The van der Waals surface area contributed by atoms with Crippen LogP contribution in [0.15, 0.2) is 85.5 Å². The van der Waals surface area contributed by atoms with E-state index in [1.807, 2.05) is 24.3 Å². The van der Waals surface area contributed by atoms with Crippen LogP contribution in [0.4, 0.5) is 10.1 Å². The van der Waals surface area contributed by atoms with E-state index < -0.39 is 0 Å². The highest BCUT2D eigenvalue weighted by Crippen LogP contribution is 2.24. The van der Waals surface area contributed by atoms with Crippen molar-refractivity contribution in [1.82, 2.24) is 5.32 Å². The molecule has 0 unspecified atom stereocenters. The van der Waals surface area contributed by atoms with Gasteiger partial charge in [0.05, 0.1) is 20.1 Å². The number of hydrogen-bond donors (Lipinski definition) is 1. The first-order valence-electron chi connectivity index (χ1n) is 10.2. The highest BCUT2D eigenvalue weighted by atomic mass is 19.1. The van der Waals surface area contributed by atoms with Crippen molar-refractivity contribution < 1.29 is 18.7 Å². The van der Waals surface area contributed by atoms with Crippen LogP contribution in [0.25, 0.3) is 0 Å². The standard InChI is InChI=1S/C26H25FN2O3/c1-3-14-28-25(30)16-20-6-4-8-23(15-20)29(18-19-10-12-22(27)13-11-19)26(31)21-7-5-9-24(17-21)32-2/h3-13,15,17H,1,14,16,18H2,2H3,(H,28,30). The molecule has 0 radical (unpaired) electrons. The van der Waals surface area contributed by atoms with E-state index in [2.05, 4.69) is 11.9 Å². The number of ether oxygens (including phenoxy) is 1. The fourth-order valence-electron chi connectivity index (χ4n) is 3.23. The first kappa shape index (κ1) is 22.7. The molecule has 0 aliphatic heterocycles. The minimum Gasteiger partial charge on any atom is -0.497 e. The van der Waals surface area contributed by atoms with Crippen LogP contribution in [0.2, 0.25) is 0 Å². The number of hydrogen-bond acceptors (Lipinski definition) is 3. The summed E-state index contributed by atoms with van der Waals surface area (Å²) in [4.78, 5) is 27.2. The van der Waals surface area contributed by atoms with Crippen LogP contribution in [0.5, 0.6) is 5.75 Å². The molecule has 0 fully saturated rings. The summed E-state index contributed by atoms with van der Waals surface area (Å²) in [6.45, 7) is 4.22. The van der Waals surface area contributed by atoms with E-state index in [4.69, 9.17) is 4.74 Å². The maximum atomic E-state index is 13.5. The van der Waals surface area contributed by atoms with Crippen molar-refractivity contribution in [2.75, 3.05) is 18.6 Å². The molecule has 164 valence electrons. The number of amides is 2. The molecular formula is C26H25FN2O3. The van der Waals surface area contributed by atoms with E-state index in [9.17, 15) is 14.0 Å². The monoisotopic (exact) mass is 432 g/mol. The topological polar surface area (TPSA) is 58.6 Å². The summed E-state index contributed by atoms with van der Waals surface area (Å²) in [6, 6.07) is 20.2. The number of anilines is 1. The maximum absolute atomic E-state index is 13.5. The summed E-state index contributed by atoms with van der Waals surface area (Å²) >= 11 is 0. The SMILES string of the molecule is C=CCNC(=O)Cc1cccc(N(Cc2ccc(F)cc2)C(=O)c2cccc(OC)c2)c1. The smallest absolute Gasteiger partial charge is 0.258 e. The van der Waals surface area contributed by atoms with Crippen molar-refractivity contribution in [3.63, 3.8) is 0 Å². The Bertz CT molecular complexity index is 1100. The summed E-state index contributed by atoms with van der Waals surface area (Å²) in [5.41, 5.74) is 2.64. The average molecular weight is 432 g/mol. The van der Waals surface area contributed by atoms with E-state index in [0.717, 1.165) is 11.1 Å². The van der Waals surface area contributed by atoms with E-state index in [1.165, 1.54) is 12.1 Å². The van der Waals surface area contributed by atoms with Crippen LogP contribution in [0, 0.1) is 5.82 Å². The number of rotatable bonds is 9. The van der Waals surface area contributed by atoms with Gasteiger partial charge >= 0.3 is 0 Å². The Labute approximate surface area is 187 Å². The Kier molecular flexibility index (Phi) is 7.75. The number of carbonyl (C=O) groups is 2. The van der Waals surface area contributed by atoms with E-state index in [0.29, 0.717) is 23.5 Å². The molecule has 2 amide bonds. The van der Waals surface area contributed by atoms with Gasteiger partial charge in [-0.05, 0) is 53.6 Å². The molecule has 0 bridgehead atoms. The lowest BCUT2D eigenvalue weighted by atomic mass is 10.1. The van der Waals surface area contributed by atoms with Gasteiger partial charge in [0.15, 0.2) is 0 Å². The molecule has 3 rings (SSSR count). The van der Waals surface area contributed by atoms with Gasteiger partial charge in [-0.15, -0.1) is 6.58 Å². The molecule has 6 heteroatoms. The molecule has 0 aliphatic rings. The largest absolute Gasteiger partial charge is 0.497 e. The Morgan fingerprint density at radius 1 is 1.03 bits per heavy atom. The molecule has 0 saturated carbocycles. The van der Waals surface area contributed by atoms with Gasteiger partial charge in [0.1, 0.15) is 11.6 Å². The van der Waals surface area contributed by atoms with Gasteiger partial charge in [-0.25, -0.2) is 4.39 Å². The van der Waals surface area contributed by atoms with Gasteiger partial charge in [-0.1, -0.05) is 36.4 Å². The van der Waals surface area contributed by atoms with Gasteiger partial charge in [-0.3, -0.25) is 9.59 Å². The molecule has 3 aromatic rings. The number of nitrogens with zero attached hydrogens (tertiary/aromatic N) is 1. The van der Waals surface area contributed by atoms with Gasteiger partial charge in [0, 0.05) is 17.8 Å². The number of benzene rings is 3. The second kappa shape index (κ2) is 10.9. The number of carbonyl (C=O) groups excluding carboxylic acids is 2. The molecule has 0 saturated heterocycles. The summed E-state index contributed by atoms with van der Waals surface area (Å²) in [5, 5.41) is 2.75. The first-order chi connectivity index (χ1) is 15.5. The second-order valence-corrected chi connectivity index (χ2v) is 7.19. The van der Waals surface area contributed by atoms with E-state index >= 15 is 0 Å². The molecule has 5 nitrogen and oxygen atoms in total. The molecular weight excluding hydrogens is 407 g/mol. The second-order valence-electron chi connectivity index (χ2n) is 7.19. The third kappa shape index (κ3) is 6.04. The third-order valence-corrected chi connectivity index (χ3v) is 4.85. The van der Waals surface area contributed by atoms with Crippen LogP contribution >= 0.6 is 0 Å². The summed E-state index contributed by atoms with van der Waals surface area (Å²) < 4.78 is 18.6. The van der Waals surface area contributed by atoms with Crippen LogP contribution in [-0.4, -0.2) is 25.5 Å². The van der Waals surface area contributed by atoms with E-state index in [-0.39, 0.29) is 30.6 Å². The number of halogens is 1. The van der Waals surface area contributed by atoms with Gasteiger partial charge < -0.3 is 15.0 Å².